The molecule has 3 unspecified atom stereocenters. The SMILES string of the molecule is CC(C)(C)C1=CC2=C3C4=C(CC2)C(c2cccc(-c5ccc6ccccc6c5)c2)=CC(c2ccc(-c5ccccn5)cc2)C4CCC3C1. The summed E-state index contributed by atoms with van der Waals surface area (Å²) in [6, 6.07) is 40.4. The van der Waals surface area contributed by atoms with Gasteiger partial charge in [0.1, 0.15) is 0 Å². The van der Waals surface area contributed by atoms with Gasteiger partial charge in [0.2, 0.25) is 0 Å². The molecule has 1 fully saturated rings. The van der Waals surface area contributed by atoms with Gasteiger partial charge in [0.25, 0.3) is 0 Å². The molecule has 1 aromatic heterocycles. The van der Waals surface area contributed by atoms with Crippen LogP contribution in [0.2, 0.25) is 0 Å². The van der Waals surface area contributed by atoms with Crippen LogP contribution in [-0.2, 0) is 0 Å². The molecule has 0 amide bonds. The molecule has 0 saturated heterocycles. The highest BCUT2D eigenvalue weighted by Gasteiger charge is 2.44. The molecule has 0 aliphatic heterocycles. The number of allylic oxidation sites excluding steroid dienone is 8. The van der Waals surface area contributed by atoms with E-state index in [0.29, 0.717) is 17.8 Å². The summed E-state index contributed by atoms with van der Waals surface area (Å²) in [6.45, 7) is 7.20. The van der Waals surface area contributed by atoms with E-state index in [1.165, 1.54) is 63.4 Å². The van der Waals surface area contributed by atoms with Crippen LogP contribution < -0.4 is 0 Å². The van der Waals surface area contributed by atoms with Crippen molar-refractivity contribution in [2.45, 2.75) is 58.8 Å². The van der Waals surface area contributed by atoms with E-state index < -0.39 is 0 Å². The highest BCUT2D eigenvalue weighted by molar-refractivity contribution is 5.90. The Hall–Kier alpha value is -4.75. The van der Waals surface area contributed by atoms with E-state index >= 15 is 0 Å². The third-order valence-corrected chi connectivity index (χ3v) is 11.6. The summed E-state index contributed by atoms with van der Waals surface area (Å²) >= 11 is 0. The van der Waals surface area contributed by atoms with E-state index in [0.717, 1.165) is 18.5 Å². The molecule has 1 nitrogen and oxygen atoms in total. The lowest BCUT2D eigenvalue weighted by atomic mass is 9.56. The van der Waals surface area contributed by atoms with Crippen molar-refractivity contribution in [2.24, 2.45) is 17.3 Å². The number of aromatic nitrogens is 1. The highest BCUT2D eigenvalue weighted by Crippen LogP contribution is 2.59. The minimum atomic E-state index is 0.225. The predicted octanol–water partition coefficient (Wildman–Crippen LogP) is 12.5. The molecule has 4 aromatic carbocycles. The van der Waals surface area contributed by atoms with Crippen molar-refractivity contribution < 1.29 is 0 Å². The second-order valence-corrected chi connectivity index (χ2v) is 15.4. The smallest absolute Gasteiger partial charge is 0.0701 e. The number of pyridine rings is 1. The molecule has 1 saturated carbocycles. The monoisotopic (exact) mass is 621 g/mol. The van der Waals surface area contributed by atoms with Crippen molar-refractivity contribution in [3.8, 4) is 22.4 Å². The standard InChI is InChI=1S/C47H43N/c1-47(2,3)39-27-37-20-22-40-42(31-15-17-32(18-16-31)44-13-6-7-24-48-44)29-43(41-23-21-38(28-39)45(37)46(40)41)36-12-8-11-34(26-36)35-19-14-30-9-4-5-10-33(30)25-35/h4-19,24-26,28-29,37,40,42H,20-23,27H2,1-3H3. The summed E-state index contributed by atoms with van der Waals surface area (Å²) < 4.78 is 0. The maximum Gasteiger partial charge on any atom is 0.0701 e. The van der Waals surface area contributed by atoms with Crippen molar-refractivity contribution >= 4 is 16.3 Å². The van der Waals surface area contributed by atoms with Crippen LogP contribution in [0.15, 0.2) is 155 Å². The molecule has 4 aliphatic rings. The van der Waals surface area contributed by atoms with Crippen molar-refractivity contribution in [1.82, 2.24) is 4.98 Å². The third kappa shape index (κ3) is 5.03. The second-order valence-electron chi connectivity index (χ2n) is 15.4. The van der Waals surface area contributed by atoms with Crippen molar-refractivity contribution in [2.75, 3.05) is 0 Å². The fourth-order valence-electron chi connectivity index (χ4n) is 9.13. The summed E-state index contributed by atoms with van der Waals surface area (Å²) in [5.41, 5.74) is 17.5. The van der Waals surface area contributed by atoms with Gasteiger partial charge < -0.3 is 0 Å². The van der Waals surface area contributed by atoms with Crippen LogP contribution in [0.25, 0.3) is 38.7 Å². The maximum absolute atomic E-state index is 4.62. The van der Waals surface area contributed by atoms with Crippen LogP contribution in [0, 0.1) is 17.3 Å². The van der Waals surface area contributed by atoms with Gasteiger partial charge in [-0.25, -0.2) is 0 Å². The average molecular weight is 622 g/mol. The maximum atomic E-state index is 4.62. The summed E-state index contributed by atoms with van der Waals surface area (Å²) in [4.78, 5) is 4.62. The number of benzene rings is 4. The Morgan fingerprint density at radius 1 is 0.646 bits per heavy atom. The molecule has 1 heterocycles. The predicted molar refractivity (Wildman–Crippen MR) is 201 cm³/mol. The molecule has 0 N–H and O–H groups in total. The number of rotatable bonds is 4. The van der Waals surface area contributed by atoms with E-state index in [9.17, 15) is 0 Å². The Morgan fingerprint density at radius 2 is 1.42 bits per heavy atom. The third-order valence-electron chi connectivity index (χ3n) is 11.6. The number of hydrogen-bond donors (Lipinski definition) is 0. The van der Waals surface area contributed by atoms with Crippen LogP contribution in [0.5, 0.6) is 0 Å². The molecule has 3 atom stereocenters. The van der Waals surface area contributed by atoms with Crippen LogP contribution in [-0.4, -0.2) is 4.98 Å². The van der Waals surface area contributed by atoms with Crippen molar-refractivity contribution in [1.29, 1.82) is 0 Å². The number of nitrogens with zero attached hydrogens (tertiary/aromatic N) is 1. The normalized spacial score (nSPS) is 21.9. The zero-order valence-corrected chi connectivity index (χ0v) is 28.3. The lowest BCUT2D eigenvalue weighted by molar-refractivity contribution is 0.353. The van der Waals surface area contributed by atoms with Gasteiger partial charge in [-0.05, 0) is 135 Å². The van der Waals surface area contributed by atoms with E-state index in [-0.39, 0.29) is 5.41 Å². The van der Waals surface area contributed by atoms with Gasteiger partial charge in [-0.1, -0.05) is 123 Å². The fraction of sp³-hybridized carbons (Fsp3) is 0.255. The number of fused-ring (bicyclic) bond motifs is 1. The minimum Gasteiger partial charge on any atom is -0.256 e. The molecule has 0 bridgehead atoms. The largest absolute Gasteiger partial charge is 0.256 e. The Kier molecular flexibility index (Phi) is 7.01. The fourth-order valence-corrected chi connectivity index (χ4v) is 9.13. The van der Waals surface area contributed by atoms with Crippen LogP contribution in [0.4, 0.5) is 0 Å². The van der Waals surface area contributed by atoms with Gasteiger partial charge in [-0.15, -0.1) is 0 Å². The lowest BCUT2D eigenvalue weighted by Crippen LogP contribution is -2.33. The van der Waals surface area contributed by atoms with Gasteiger partial charge in [-0.2, -0.15) is 0 Å². The zero-order valence-electron chi connectivity index (χ0n) is 28.3. The Balaban J connectivity index is 1.18. The van der Waals surface area contributed by atoms with Gasteiger partial charge in [0.05, 0.1) is 5.69 Å². The van der Waals surface area contributed by atoms with Gasteiger partial charge >= 0.3 is 0 Å². The van der Waals surface area contributed by atoms with Gasteiger partial charge in [0, 0.05) is 17.7 Å². The van der Waals surface area contributed by atoms with Crippen molar-refractivity contribution in [3.63, 3.8) is 0 Å². The molecule has 4 aliphatic carbocycles. The summed E-state index contributed by atoms with van der Waals surface area (Å²) in [7, 11) is 0. The second kappa shape index (κ2) is 11.4. The highest BCUT2D eigenvalue weighted by atomic mass is 14.7. The van der Waals surface area contributed by atoms with Crippen LogP contribution >= 0.6 is 0 Å². The van der Waals surface area contributed by atoms with E-state index in [1.54, 1.807) is 27.9 Å². The van der Waals surface area contributed by atoms with E-state index in [2.05, 4.69) is 141 Å². The molecule has 236 valence electrons. The molecular formula is C47H43N. The Morgan fingerprint density at radius 3 is 2.23 bits per heavy atom. The molecule has 5 aromatic rings. The minimum absolute atomic E-state index is 0.225. The molecule has 9 rings (SSSR count). The van der Waals surface area contributed by atoms with E-state index in [4.69, 9.17) is 0 Å². The van der Waals surface area contributed by atoms with Gasteiger partial charge in [0.15, 0.2) is 0 Å². The first-order valence-electron chi connectivity index (χ1n) is 17.9. The van der Waals surface area contributed by atoms with E-state index in [1.807, 2.05) is 12.3 Å². The molecular weight excluding hydrogens is 579 g/mol. The molecule has 0 spiro atoms. The molecule has 0 radical (unpaired) electrons. The molecule has 48 heavy (non-hydrogen) atoms. The zero-order chi connectivity index (χ0) is 32.4. The lowest BCUT2D eigenvalue weighted by Gasteiger charge is -2.48. The quantitative estimate of drug-likeness (QED) is 0.195. The Bertz CT molecular complexity index is 2180. The van der Waals surface area contributed by atoms with Gasteiger partial charge in [-0.3, -0.25) is 4.98 Å². The Labute approximate surface area is 285 Å². The summed E-state index contributed by atoms with van der Waals surface area (Å²) in [5.74, 6) is 1.53. The average Bonchev–Trinajstić information content (AvgIpc) is 3.13. The molecule has 1 heteroatoms. The first-order valence-corrected chi connectivity index (χ1v) is 17.9. The summed E-state index contributed by atoms with van der Waals surface area (Å²) in [6.07, 6.45) is 13.2. The van der Waals surface area contributed by atoms with Crippen molar-refractivity contribution in [3.05, 3.63) is 167 Å². The van der Waals surface area contributed by atoms with Crippen LogP contribution in [0.1, 0.15) is 69.9 Å². The first kappa shape index (κ1) is 29.4. The topological polar surface area (TPSA) is 12.9 Å². The number of hydrogen-bond acceptors (Lipinski definition) is 1. The summed E-state index contributed by atoms with van der Waals surface area (Å²) in [5, 5.41) is 2.58. The first-order chi connectivity index (χ1) is 23.4. The van der Waals surface area contributed by atoms with Crippen LogP contribution in [0.3, 0.4) is 0 Å².